The van der Waals surface area contributed by atoms with Crippen molar-refractivity contribution in [1.82, 2.24) is 9.97 Å². The van der Waals surface area contributed by atoms with Crippen molar-refractivity contribution in [3.05, 3.63) is 11.9 Å². The molecule has 0 aliphatic rings. The normalized spacial score (nSPS) is 11.4. The van der Waals surface area contributed by atoms with E-state index in [0.29, 0.717) is 24.9 Å². The predicted octanol–water partition coefficient (Wildman–Crippen LogP) is 3.01. The van der Waals surface area contributed by atoms with E-state index < -0.39 is 0 Å². The Morgan fingerprint density at radius 1 is 1.21 bits per heavy atom. The molecule has 0 aliphatic heterocycles. The van der Waals surface area contributed by atoms with E-state index in [4.69, 9.17) is 9.47 Å². The molecule has 1 rings (SSSR count). The van der Waals surface area contributed by atoms with E-state index in [0.717, 1.165) is 18.8 Å². The maximum Gasteiger partial charge on any atom is 0.219 e. The molecule has 0 spiro atoms. The first-order valence-corrected chi connectivity index (χ1v) is 6.83. The number of hydrogen-bond acceptors (Lipinski definition) is 5. The molecule has 1 N–H and O–H groups in total. The highest BCUT2D eigenvalue weighted by Crippen LogP contribution is 2.19. The highest BCUT2D eigenvalue weighted by Gasteiger charge is 2.14. The van der Waals surface area contributed by atoms with E-state index in [1.165, 1.54) is 0 Å². The molecule has 0 amide bonds. The van der Waals surface area contributed by atoms with Crippen molar-refractivity contribution in [2.45, 2.75) is 53.2 Å². The fraction of sp³-hybridized carbons (Fsp3) is 0.714. The maximum absolute atomic E-state index is 5.80. The Kier molecular flexibility index (Phi) is 6.02. The number of aromatic nitrogens is 2. The van der Waals surface area contributed by atoms with Crippen LogP contribution in [0.5, 0.6) is 5.88 Å². The molecule has 0 aromatic carbocycles. The Hall–Kier alpha value is -1.36. The third-order valence-electron chi connectivity index (χ3n) is 2.15. The quantitative estimate of drug-likeness (QED) is 0.823. The Morgan fingerprint density at radius 2 is 1.95 bits per heavy atom. The van der Waals surface area contributed by atoms with E-state index >= 15 is 0 Å². The number of hydrogen-bond donors (Lipinski definition) is 1. The van der Waals surface area contributed by atoms with E-state index in [9.17, 15) is 0 Å². The summed E-state index contributed by atoms with van der Waals surface area (Å²) in [5, 5.41) is 3.25. The second-order valence-corrected chi connectivity index (χ2v) is 5.29. The first kappa shape index (κ1) is 15.7. The average molecular weight is 267 g/mol. The Labute approximate surface area is 115 Å². The molecule has 19 heavy (non-hydrogen) atoms. The largest absolute Gasteiger partial charge is 0.472 e. The fourth-order valence-electron chi connectivity index (χ4n) is 1.44. The summed E-state index contributed by atoms with van der Waals surface area (Å²) in [5.41, 5.74) is -0.279. The van der Waals surface area contributed by atoms with Crippen LogP contribution in [-0.4, -0.2) is 28.7 Å². The summed E-state index contributed by atoms with van der Waals surface area (Å²) < 4.78 is 11.2. The molecule has 1 aromatic rings. The average Bonchev–Trinajstić information content (AvgIpc) is 2.31. The Balaban J connectivity index is 2.88. The van der Waals surface area contributed by atoms with Crippen molar-refractivity contribution in [1.29, 1.82) is 0 Å². The van der Waals surface area contributed by atoms with Crippen molar-refractivity contribution >= 4 is 5.82 Å². The van der Waals surface area contributed by atoms with Gasteiger partial charge in [-0.2, -0.15) is 4.98 Å². The molecular weight excluding hydrogens is 242 g/mol. The van der Waals surface area contributed by atoms with Crippen LogP contribution in [0.3, 0.4) is 0 Å². The molecule has 1 aromatic heterocycles. The molecule has 1 heterocycles. The summed E-state index contributed by atoms with van der Waals surface area (Å²) >= 11 is 0. The molecule has 5 nitrogen and oxygen atoms in total. The van der Waals surface area contributed by atoms with Gasteiger partial charge < -0.3 is 14.8 Å². The molecule has 5 heteroatoms. The molecule has 108 valence electrons. The van der Waals surface area contributed by atoms with Crippen LogP contribution in [-0.2, 0) is 11.3 Å². The molecule has 0 fully saturated rings. The zero-order valence-corrected chi connectivity index (χ0v) is 12.6. The minimum atomic E-state index is -0.279. The topological polar surface area (TPSA) is 56.3 Å². The number of nitrogens with one attached hydrogen (secondary N) is 1. The van der Waals surface area contributed by atoms with Crippen LogP contribution >= 0.6 is 0 Å². The molecule has 0 unspecified atom stereocenters. The molecule has 0 saturated carbocycles. The Morgan fingerprint density at radius 3 is 2.53 bits per heavy atom. The second-order valence-electron chi connectivity index (χ2n) is 5.29. The minimum absolute atomic E-state index is 0.279. The van der Waals surface area contributed by atoms with Crippen molar-refractivity contribution in [2.24, 2.45) is 0 Å². The molecule has 0 saturated heterocycles. The predicted molar refractivity (Wildman–Crippen MR) is 76.5 cm³/mol. The van der Waals surface area contributed by atoms with Gasteiger partial charge in [-0.05, 0) is 34.1 Å². The molecular formula is C14H25N3O2. The maximum atomic E-state index is 5.80. The highest BCUT2D eigenvalue weighted by atomic mass is 16.5. The van der Waals surface area contributed by atoms with Gasteiger partial charge in [-0.3, -0.25) is 0 Å². The number of rotatable bonds is 7. The van der Waals surface area contributed by atoms with Crippen molar-refractivity contribution < 1.29 is 9.47 Å². The minimum Gasteiger partial charge on any atom is -0.472 e. The first-order valence-electron chi connectivity index (χ1n) is 6.83. The second kappa shape index (κ2) is 7.28. The van der Waals surface area contributed by atoms with Gasteiger partial charge in [-0.1, -0.05) is 6.92 Å². The van der Waals surface area contributed by atoms with Gasteiger partial charge in [-0.15, -0.1) is 0 Å². The van der Waals surface area contributed by atoms with Crippen LogP contribution in [0.4, 0.5) is 5.82 Å². The summed E-state index contributed by atoms with van der Waals surface area (Å²) in [5.74, 6) is 2.00. The van der Waals surface area contributed by atoms with E-state index in [-0.39, 0.29) is 5.60 Å². The van der Waals surface area contributed by atoms with Crippen molar-refractivity contribution in [2.75, 3.05) is 18.5 Å². The van der Waals surface area contributed by atoms with Gasteiger partial charge in [0.2, 0.25) is 5.88 Å². The highest BCUT2D eigenvalue weighted by molar-refractivity contribution is 5.38. The lowest BCUT2D eigenvalue weighted by Gasteiger charge is -2.21. The molecule has 0 aliphatic carbocycles. The number of ether oxygens (including phenoxy) is 2. The molecule has 0 bridgehead atoms. The summed E-state index contributed by atoms with van der Waals surface area (Å²) in [6.07, 6.45) is 1.04. The monoisotopic (exact) mass is 267 g/mol. The van der Waals surface area contributed by atoms with Gasteiger partial charge in [0.25, 0.3) is 0 Å². The molecule has 0 radical (unpaired) electrons. The lowest BCUT2D eigenvalue weighted by molar-refractivity contribution is 0.114. The summed E-state index contributed by atoms with van der Waals surface area (Å²) in [6.45, 7) is 12.0. The third-order valence-corrected chi connectivity index (χ3v) is 2.15. The third kappa shape index (κ3) is 6.38. The van der Waals surface area contributed by atoms with Gasteiger partial charge >= 0.3 is 0 Å². The lowest BCUT2D eigenvalue weighted by atomic mass is 10.2. The van der Waals surface area contributed by atoms with Gasteiger partial charge in [0.1, 0.15) is 18.0 Å². The van der Waals surface area contributed by atoms with Crippen LogP contribution in [0.1, 0.15) is 46.9 Å². The SMILES string of the molecule is CCCNc1cc(OC(C)(C)C)nc(COCC)n1. The lowest BCUT2D eigenvalue weighted by Crippen LogP contribution is -2.24. The van der Waals surface area contributed by atoms with Crippen LogP contribution in [0.15, 0.2) is 6.07 Å². The van der Waals surface area contributed by atoms with Crippen LogP contribution < -0.4 is 10.1 Å². The van der Waals surface area contributed by atoms with Crippen LogP contribution in [0, 0.1) is 0 Å². The van der Waals surface area contributed by atoms with Gasteiger partial charge in [0.15, 0.2) is 5.82 Å². The smallest absolute Gasteiger partial charge is 0.219 e. The standard InChI is InChI=1S/C14H25N3O2/c1-6-8-15-11-9-13(19-14(3,4)5)17-12(16-11)10-18-7-2/h9H,6-8,10H2,1-5H3,(H,15,16,17). The fourth-order valence-corrected chi connectivity index (χ4v) is 1.44. The summed E-state index contributed by atoms with van der Waals surface area (Å²) in [6, 6.07) is 1.83. The van der Waals surface area contributed by atoms with Gasteiger partial charge in [0, 0.05) is 19.2 Å². The zero-order valence-electron chi connectivity index (χ0n) is 12.6. The zero-order chi connectivity index (χ0) is 14.3. The van der Waals surface area contributed by atoms with E-state index in [1.54, 1.807) is 0 Å². The number of nitrogens with zero attached hydrogens (tertiary/aromatic N) is 2. The van der Waals surface area contributed by atoms with Crippen LogP contribution in [0.25, 0.3) is 0 Å². The van der Waals surface area contributed by atoms with Crippen molar-refractivity contribution in [3.63, 3.8) is 0 Å². The van der Waals surface area contributed by atoms with Crippen molar-refractivity contribution in [3.8, 4) is 5.88 Å². The Bertz CT molecular complexity index is 363. The molecule has 0 atom stereocenters. The number of anilines is 1. The van der Waals surface area contributed by atoms with E-state index in [2.05, 4.69) is 22.2 Å². The summed E-state index contributed by atoms with van der Waals surface area (Å²) in [7, 11) is 0. The first-order chi connectivity index (χ1) is 8.94. The van der Waals surface area contributed by atoms with Gasteiger partial charge in [-0.25, -0.2) is 4.98 Å². The van der Waals surface area contributed by atoms with E-state index in [1.807, 2.05) is 33.8 Å². The van der Waals surface area contributed by atoms with Crippen LogP contribution in [0.2, 0.25) is 0 Å². The van der Waals surface area contributed by atoms with Gasteiger partial charge in [0.05, 0.1) is 0 Å². The summed E-state index contributed by atoms with van der Waals surface area (Å²) in [4.78, 5) is 8.78.